The summed E-state index contributed by atoms with van der Waals surface area (Å²) in [4.78, 5) is 0. The van der Waals surface area contributed by atoms with Gasteiger partial charge < -0.3 is 4.74 Å². The second-order valence-corrected chi connectivity index (χ2v) is 7.97. The first-order valence-electron chi connectivity index (χ1n) is 7.08. The molecule has 2 atom stereocenters. The first kappa shape index (κ1) is 13.2. The van der Waals surface area contributed by atoms with Crippen LogP contribution in [0.2, 0.25) is 5.02 Å². The molecule has 0 fully saturated rings. The zero-order valence-corrected chi connectivity index (χ0v) is 14.5. The molecule has 2 heterocycles. The van der Waals surface area contributed by atoms with E-state index in [9.17, 15) is 0 Å². The molecule has 0 saturated heterocycles. The molecule has 0 spiro atoms. The van der Waals surface area contributed by atoms with Gasteiger partial charge in [0.1, 0.15) is 11.9 Å². The molecule has 5 rings (SSSR count). The predicted octanol–water partition coefficient (Wildman–Crippen LogP) is 6.44. The van der Waals surface area contributed by atoms with Crippen LogP contribution in [0.4, 0.5) is 0 Å². The number of hydrogen-bond acceptors (Lipinski definition) is 2. The van der Waals surface area contributed by atoms with Gasteiger partial charge in [0.2, 0.25) is 0 Å². The molecule has 0 bridgehead atoms. The molecular weight excluding hydrogens is 380 g/mol. The van der Waals surface area contributed by atoms with Crippen molar-refractivity contribution < 1.29 is 4.74 Å². The van der Waals surface area contributed by atoms with Crippen LogP contribution < -0.4 is 4.74 Å². The lowest BCUT2D eigenvalue weighted by molar-refractivity contribution is 0.269. The van der Waals surface area contributed by atoms with Crippen LogP contribution >= 0.6 is 38.9 Å². The maximum atomic E-state index is 6.45. The SMILES string of the molecule is Clc1cc(Br)cc2c1sc1ccc3c(c12)C1C=CC=CC1O3. The number of rotatable bonds is 0. The van der Waals surface area contributed by atoms with Gasteiger partial charge in [-0.05, 0) is 30.3 Å². The van der Waals surface area contributed by atoms with Gasteiger partial charge in [-0.15, -0.1) is 11.3 Å². The smallest absolute Gasteiger partial charge is 0.128 e. The molecule has 4 heteroatoms. The largest absolute Gasteiger partial charge is 0.485 e. The highest BCUT2D eigenvalue weighted by Crippen LogP contribution is 2.50. The Morgan fingerprint density at radius 1 is 1.14 bits per heavy atom. The molecule has 108 valence electrons. The molecule has 1 aliphatic carbocycles. The van der Waals surface area contributed by atoms with E-state index >= 15 is 0 Å². The Kier molecular flexibility index (Phi) is 2.76. The standard InChI is InChI=1S/C18H10BrClOS/c19-9-7-11-17-15(22-18(11)12(20)8-9)6-5-14-16(17)10-3-1-2-4-13(10)21-14/h1-8,10,13H. The van der Waals surface area contributed by atoms with Gasteiger partial charge in [-0.3, -0.25) is 0 Å². The number of halogens is 2. The first-order valence-corrected chi connectivity index (χ1v) is 9.07. The second-order valence-electron chi connectivity index (χ2n) is 5.59. The summed E-state index contributed by atoms with van der Waals surface area (Å²) in [7, 11) is 0. The maximum absolute atomic E-state index is 6.45. The van der Waals surface area contributed by atoms with Crippen LogP contribution in [0.3, 0.4) is 0 Å². The molecule has 1 nitrogen and oxygen atoms in total. The van der Waals surface area contributed by atoms with Crippen molar-refractivity contribution in [1.29, 1.82) is 0 Å². The maximum Gasteiger partial charge on any atom is 0.128 e. The number of ether oxygens (including phenoxy) is 1. The van der Waals surface area contributed by atoms with Gasteiger partial charge in [0, 0.05) is 31.4 Å². The van der Waals surface area contributed by atoms with Gasteiger partial charge in [0.05, 0.1) is 9.72 Å². The van der Waals surface area contributed by atoms with Gasteiger partial charge in [-0.25, -0.2) is 0 Å². The number of hydrogen-bond donors (Lipinski definition) is 0. The number of fused-ring (bicyclic) bond motifs is 7. The summed E-state index contributed by atoms with van der Waals surface area (Å²) in [6.45, 7) is 0. The molecule has 0 N–H and O–H groups in total. The number of thiophene rings is 1. The Bertz CT molecular complexity index is 1000. The third-order valence-corrected chi connectivity index (χ3v) is 6.41. The summed E-state index contributed by atoms with van der Waals surface area (Å²) in [6.07, 6.45) is 8.65. The van der Waals surface area contributed by atoms with Crippen LogP contribution in [-0.2, 0) is 0 Å². The van der Waals surface area contributed by atoms with Gasteiger partial charge in [0.25, 0.3) is 0 Å². The fourth-order valence-corrected chi connectivity index (χ4v) is 5.47. The molecule has 0 saturated carbocycles. The van der Waals surface area contributed by atoms with Crippen molar-refractivity contribution in [1.82, 2.24) is 0 Å². The van der Waals surface area contributed by atoms with Crippen LogP contribution in [0, 0.1) is 0 Å². The molecule has 22 heavy (non-hydrogen) atoms. The van der Waals surface area contributed by atoms with E-state index in [0.717, 1.165) is 19.9 Å². The molecule has 2 unspecified atom stereocenters. The third kappa shape index (κ3) is 1.70. The molecular formula is C18H10BrClOS. The average Bonchev–Trinajstić information content (AvgIpc) is 3.05. The van der Waals surface area contributed by atoms with Crippen LogP contribution in [-0.4, -0.2) is 6.10 Å². The Labute approximate surface area is 145 Å². The van der Waals surface area contributed by atoms with Gasteiger partial charge in [-0.2, -0.15) is 0 Å². The van der Waals surface area contributed by atoms with E-state index in [4.69, 9.17) is 16.3 Å². The van der Waals surface area contributed by atoms with Crippen molar-refractivity contribution in [2.75, 3.05) is 0 Å². The van der Waals surface area contributed by atoms with Crippen molar-refractivity contribution >= 4 is 59.0 Å². The van der Waals surface area contributed by atoms with Gasteiger partial charge in [0.15, 0.2) is 0 Å². The average molecular weight is 390 g/mol. The zero-order valence-electron chi connectivity index (χ0n) is 11.3. The summed E-state index contributed by atoms with van der Waals surface area (Å²) in [5, 5.41) is 3.30. The predicted molar refractivity (Wildman–Crippen MR) is 97.5 cm³/mol. The Morgan fingerprint density at radius 3 is 2.91 bits per heavy atom. The van der Waals surface area contributed by atoms with E-state index in [1.165, 1.54) is 21.0 Å². The minimum absolute atomic E-state index is 0.114. The highest BCUT2D eigenvalue weighted by Gasteiger charge is 2.34. The summed E-state index contributed by atoms with van der Waals surface area (Å²) in [5.74, 6) is 1.29. The van der Waals surface area contributed by atoms with E-state index in [-0.39, 0.29) is 6.10 Å². The molecule has 1 aromatic heterocycles. The van der Waals surface area contributed by atoms with Crippen molar-refractivity contribution in [3.63, 3.8) is 0 Å². The Morgan fingerprint density at radius 2 is 2.00 bits per heavy atom. The fourth-order valence-electron chi connectivity index (χ4n) is 3.44. The van der Waals surface area contributed by atoms with Crippen molar-refractivity contribution in [2.24, 2.45) is 0 Å². The monoisotopic (exact) mass is 388 g/mol. The lowest BCUT2D eigenvalue weighted by atomic mass is 9.89. The minimum Gasteiger partial charge on any atom is -0.485 e. The third-order valence-electron chi connectivity index (χ3n) is 4.34. The van der Waals surface area contributed by atoms with Crippen LogP contribution in [0.25, 0.3) is 20.2 Å². The normalized spacial score (nSPS) is 22.1. The van der Waals surface area contributed by atoms with Crippen molar-refractivity contribution in [3.05, 3.63) is 63.6 Å². The lowest BCUT2D eigenvalue weighted by Gasteiger charge is -2.14. The topological polar surface area (TPSA) is 9.23 Å². The van der Waals surface area contributed by atoms with Crippen molar-refractivity contribution in [3.8, 4) is 5.75 Å². The Balaban J connectivity index is 1.93. The van der Waals surface area contributed by atoms with E-state index in [2.05, 4.69) is 58.4 Å². The number of benzene rings is 2. The minimum atomic E-state index is 0.114. The van der Waals surface area contributed by atoms with E-state index in [0.29, 0.717) is 5.92 Å². The molecule has 2 aliphatic rings. The molecule has 2 aromatic carbocycles. The highest BCUT2D eigenvalue weighted by atomic mass is 79.9. The van der Waals surface area contributed by atoms with E-state index < -0.39 is 0 Å². The van der Waals surface area contributed by atoms with E-state index in [1.807, 2.05) is 6.07 Å². The van der Waals surface area contributed by atoms with Crippen LogP contribution in [0.5, 0.6) is 5.75 Å². The molecule has 1 aliphatic heterocycles. The van der Waals surface area contributed by atoms with Gasteiger partial charge in [-0.1, -0.05) is 45.8 Å². The zero-order chi connectivity index (χ0) is 14.8. The fraction of sp³-hybridized carbons (Fsp3) is 0.111. The van der Waals surface area contributed by atoms with Gasteiger partial charge >= 0.3 is 0 Å². The number of allylic oxidation sites excluding steroid dienone is 2. The highest BCUT2D eigenvalue weighted by molar-refractivity contribution is 9.10. The summed E-state index contributed by atoms with van der Waals surface area (Å²) < 4.78 is 9.54. The molecule has 0 radical (unpaired) electrons. The molecule has 0 amide bonds. The lowest BCUT2D eigenvalue weighted by Crippen LogP contribution is -2.15. The Hall–Kier alpha value is -1.29. The summed E-state index contributed by atoms with van der Waals surface area (Å²) in [6, 6.07) is 8.36. The summed E-state index contributed by atoms with van der Waals surface area (Å²) in [5.41, 5.74) is 1.29. The van der Waals surface area contributed by atoms with E-state index in [1.54, 1.807) is 11.3 Å². The van der Waals surface area contributed by atoms with Crippen LogP contribution in [0.15, 0.2) is 53.0 Å². The quantitative estimate of drug-likeness (QED) is 0.430. The second kappa shape index (κ2) is 4.60. The first-order chi connectivity index (χ1) is 10.7. The van der Waals surface area contributed by atoms with Crippen molar-refractivity contribution in [2.45, 2.75) is 12.0 Å². The summed E-state index contributed by atoms with van der Waals surface area (Å²) >= 11 is 11.8. The molecule has 3 aromatic rings. The van der Waals surface area contributed by atoms with Crippen LogP contribution in [0.1, 0.15) is 11.5 Å².